The average molecular weight is 719 g/mol. The first kappa shape index (κ1) is 36.0. The van der Waals surface area contributed by atoms with Gasteiger partial charge in [0.1, 0.15) is 12.6 Å². The highest BCUT2D eigenvalue weighted by Gasteiger charge is 2.34. The van der Waals surface area contributed by atoms with Crippen LogP contribution in [0.5, 0.6) is 0 Å². The second-order valence-corrected chi connectivity index (χ2v) is 15.0. The number of amides is 1. The van der Waals surface area contributed by atoms with E-state index in [0.29, 0.717) is 32.9 Å². The van der Waals surface area contributed by atoms with Gasteiger partial charge in [0.25, 0.3) is 16.0 Å². The van der Waals surface area contributed by atoms with Gasteiger partial charge >= 0.3 is 6.18 Å². The molecule has 4 N–H and O–H groups in total. The third-order valence-electron chi connectivity index (χ3n) is 7.93. The largest absolute Gasteiger partial charge is 0.416 e. The Labute approximate surface area is 287 Å². The van der Waals surface area contributed by atoms with Gasteiger partial charge in [-0.1, -0.05) is 41.9 Å². The fourth-order valence-corrected chi connectivity index (χ4v) is 6.60. The molecular formula is C33H36ClF3N7O4S+. The molecule has 3 aromatic carbocycles. The van der Waals surface area contributed by atoms with Crippen LogP contribution < -0.4 is 11.1 Å². The van der Waals surface area contributed by atoms with Gasteiger partial charge in [0.05, 0.1) is 50.3 Å². The van der Waals surface area contributed by atoms with Gasteiger partial charge in [0.2, 0.25) is 11.9 Å². The van der Waals surface area contributed by atoms with Crippen molar-refractivity contribution < 1.29 is 36.0 Å². The van der Waals surface area contributed by atoms with Crippen molar-refractivity contribution >= 4 is 45.2 Å². The van der Waals surface area contributed by atoms with Gasteiger partial charge in [-0.05, 0) is 71.5 Å². The number of hydrazone groups is 1. The maximum atomic E-state index is 13.5. The van der Waals surface area contributed by atoms with Gasteiger partial charge in [0, 0.05) is 10.9 Å². The van der Waals surface area contributed by atoms with Crippen LogP contribution in [-0.2, 0) is 33.8 Å². The molecule has 1 aliphatic carbocycles. The van der Waals surface area contributed by atoms with E-state index in [1.165, 1.54) is 16.1 Å². The number of alkyl halides is 3. The highest BCUT2D eigenvalue weighted by atomic mass is 35.5. The molecule has 1 unspecified atom stereocenters. The molecule has 0 radical (unpaired) electrons. The van der Waals surface area contributed by atoms with Crippen LogP contribution in [0, 0.1) is 0 Å². The van der Waals surface area contributed by atoms with Crippen LogP contribution in [0.1, 0.15) is 40.2 Å². The maximum absolute atomic E-state index is 13.5. The number of nitrogens with two attached hydrogens (primary N) is 1. The molecule has 5 rings (SSSR count). The summed E-state index contributed by atoms with van der Waals surface area (Å²) in [6.07, 6.45) is -4.09. The molecule has 260 valence electrons. The number of quaternary nitrogens is 1. The van der Waals surface area contributed by atoms with Gasteiger partial charge in [0.15, 0.2) is 0 Å². The number of hydrogen-bond donors (Lipinski definition) is 3. The monoisotopic (exact) mass is 718 g/mol. The van der Waals surface area contributed by atoms with E-state index < -0.39 is 50.6 Å². The topological polar surface area (TPSA) is 150 Å². The molecule has 0 saturated heterocycles. The number of guanidine groups is 2. The fourth-order valence-electron chi connectivity index (χ4n) is 5.54. The van der Waals surface area contributed by atoms with E-state index in [0.717, 1.165) is 30.5 Å². The van der Waals surface area contributed by atoms with Crippen LogP contribution >= 0.6 is 11.6 Å². The number of aryl methyl sites for hydroxylation is 2. The third-order valence-corrected chi connectivity index (χ3v) is 9.45. The van der Waals surface area contributed by atoms with E-state index in [-0.39, 0.29) is 25.4 Å². The summed E-state index contributed by atoms with van der Waals surface area (Å²) in [5, 5.41) is 19.1. The number of benzene rings is 3. The molecule has 0 fully saturated rings. The van der Waals surface area contributed by atoms with E-state index in [1.807, 2.05) is 33.3 Å². The van der Waals surface area contributed by atoms with Gasteiger partial charge in [-0.2, -0.15) is 31.7 Å². The smallest absolute Gasteiger partial charge is 0.387 e. The zero-order chi connectivity index (χ0) is 35.7. The maximum Gasteiger partial charge on any atom is 0.416 e. The zero-order valence-corrected chi connectivity index (χ0v) is 28.5. The van der Waals surface area contributed by atoms with Gasteiger partial charge in [-0.3, -0.25) is 10.1 Å². The lowest BCUT2D eigenvalue weighted by molar-refractivity contribution is -0.873. The number of likely N-dealkylation sites (N-methyl/N-ethyl adjacent to an activating group) is 1. The molecule has 2 atom stereocenters. The Morgan fingerprint density at radius 1 is 1.08 bits per heavy atom. The molecule has 1 amide bonds. The van der Waals surface area contributed by atoms with E-state index in [9.17, 15) is 31.5 Å². The Hall–Kier alpha value is -4.31. The van der Waals surface area contributed by atoms with Gasteiger partial charge in [-0.15, -0.1) is 4.40 Å². The van der Waals surface area contributed by atoms with E-state index in [2.05, 4.69) is 20.8 Å². The van der Waals surface area contributed by atoms with Crippen molar-refractivity contribution in [2.45, 2.75) is 42.4 Å². The standard InChI is InChI=1S/C33H35ClF3N7O4S/c1-44(2,3)19-26(45)17-29(46)39-31(38)40-32(42-49(47,48)27-14-10-24(11-15-27)33(35,36)37)43-18-28(23-7-5-20-4-6-22(20)16-23)30(41-43)21-8-12-25(34)13-9-21/h5,7-16,26,28,45H,4,6,17-19H2,1-3H3,(H2-,38,39,40,42,46)/p+1/t26-,28?/m1/s1. The Bertz CT molecular complexity index is 1930. The number of nitrogens with one attached hydrogen (secondary N) is 1. The van der Waals surface area contributed by atoms with Crippen LogP contribution in [0.25, 0.3) is 0 Å². The minimum atomic E-state index is -4.68. The van der Waals surface area contributed by atoms with Gasteiger partial charge in [-0.25, -0.2) is 5.01 Å². The predicted molar refractivity (Wildman–Crippen MR) is 181 cm³/mol. The first-order valence-electron chi connectivity index (χ1n) is 15.3. The fraction of sp³-hybridized carbons (Fsp3) is 0.333. The highest BCUT2D eigenvalue weighted by molar-refractivity contribution is 7.90. The number of aliphatic hydroxyl groups excluding tert-OH is 1. The Morgan fingerprint density at radius 3 is 2.31 bits per heavy atom. The summed E-state index contributed by atoms with van der Waals surface area (Å²) in [6, 6.07) is 15.9. The van der Waals surface area contributed by atoms with Gasteiger partial charge < -0.3 is 15.3 Å². The van der Waals surface area contributed by atoms with Crippen molar-refractivity contribution in [3.05, 3.63) is 99.6 Å². The van der Waals surface area contributed by atoms with Crippen LogP contribution in [0.2, 0.25) is 5.02 Å². The van der Waals surface area contributed by atoms with E-state index >= 15 is 0 Å². The van der Waals surface area contributed by atoms with Crippen molar-refractivity contribution in [2.75, 3.05) is 34.2 Å². The van der Waals surface area contributed by atoms with E-state index in [4.69, 9.17) is 22.4 Å². The summed E-state index contributed by atoms with van der Waals surface area (Å²) in [5.41, 5.74) is 9.63. The first-order valence-corrected chi connectivity index (χ1v) is 17.1. The number of nitrogens with zero attached hydrogens (tertiary/aromatic N) is 5. The zero-order valence-electron chi connectivity index (χ0n) is 26.9. The molecule has 1 heterocycles. The minimum Gasteiger partial charge on any atom is -0.387 e. The second-order valence-electron chi connectivity index (χ2n) is 12.9. The summed E-state index contributed by atoms with van der Waals surface area (Å²) in [7, 11) is 0.871. The van der Waals surface area contributed by atoms with Crippen molar-refractivity contribution in [3.63, 3.8) is 0 Å². The van der Waals surface area contributed by atoms with Crippen LogP contribution in [-0.4, -0.2) is 86.9 Å². The lowest BCUT2D eigenvalue weighted by Crippen LogP contribution is -2.45. The molecule has 3 aromatic rings. The first-order chi connectivity index (χ1) is 22.9. The normalized spacial score (nSPS) is 17.7. The second kappa shape index (κ2) is 13.9. The molecule has 11 nitrogen and oxygen atoms in total. The molecule has 49 heavy (non-hydrogen) atoms. The number of carbonyl (C=O) groups excluding carboxylic acids is 1. The lowest BCUT2D eigenvalue weighted by atomic mass is 9.83. The Kier molecular flexibility index (Phi) is 10.2. The molecular weight excluding hydrogens is 683 g/mol. The number of halogens is 4. The summed E-state index contributed by atoms with van der Waals surface area (Å²) in [5.74, 6) is -2.14. The number of aliphatic imine (C=N–C) groups is 1. The molecule has 0 saturated carbocycles. The molecule has 0 aromatic heterocycles. The summed E-state index contributed by atoms with van der Waals surface area (Å²) < 4.78 is 70.7. The quantitative estimate of drug-likeness (QED) is 0.183. The molecule has 0 spiro atoms. The summed E-state index contributed by atoms with van der Waals surface area (Å²) in [6.45, 7) is 0.327. The van der Waals surface area contributed by atoms with Crippen molar-refractivity contribution in [1.82, 2.24) is 10.3 Å². The summed E-state index contributed by atoms with van der Waals surface area (Å²) in [4.78, 5) is 16.3. The average Bonchev–Trinajstić information content (AvgIpc) is 3.42. The van der Waals surface area contributed by atoms with Crippen LogP contribution in [0.15, 0.2) is 86.1 Å². The SMILES string of the molecule is C[N+](C)(C)C[C@H](O)CC(=O)NC(N)=NC(=NS(=O)(=O)c1ccc(C(F)(F)F)cc1)N1CC(c2ccc3c(c2)CC3)C(c2ccc(Cl)cc2)=N1. The number of hydrogen-bond acceptors (Lipinski definition) is 5. The molecule has 2 aliphatic rings. The Balaban J connectivity index is 1.54. The van der Waals surface area contributed by atoms with Crippen molar-refractivity contribution in [1.29, 1.82) is 0 Å². The van der Waals surface area contributed by atoms with Crippen LogP contribution in [0.4, 0.5) is 13.2 Å². The highest BCUT2D eigenvalue weighted by Crippen LogP contribution is 2.34. The third kappa shape index (κ3) is 9.03. The number of rotatable bonds is 8. The minimum absolute atomic E-state index is 0.0606. The van der Waals surface area contributed by atoms with Crippen LogP contribution in [0.3, 0.4) is 0 Å². The number of fused-ring (bicyclic) bond motifs is 1. The predicted octanol–water partition coefficient (Wildman–Crippen LogP) is 3.89. The van der Waals surface area contributed by atoms with E-state index in [1.54, 1.807) is 24.3 Å². The summed E-state index contributed by atoms with van der Waals surface area (Å²) >= 11 is 6.14. The molecule has 1 aliphatic heterocycles. The lowest BCUT2D eigenvalue weighted by Gasteiger charge is -2.26. The molecule has 16 heteroatoms. The Morgan fingerprint density at radius 2 is 1.73 bits per heavy atom. The van der Waals surface area contributed by atoms with Crippen molar-refractivity contribution in [3.8, 4) is 0 Å². The number of carbonyl (C=O) groups is 1. The van der Waals surface area contributed by atoms with Crippen molar-refractivity contribution in [2.24, 2.45) is 20.2 Å². The number of aliphatic hydroxyl groups is 1. The molecule has 0 bridgehead atoms. The number of sulfonamides is 1.